The van der Waals surface area contributed by atoms with E-state index >= 15 is 0 Å². The lowest BCUT2D eigenvalue weighted by Crippen LogP contribution is -2.26. The zero-order valence-corrected chi connectivity index (χ0v) is 19.7. The SMILES string of the molecule is Cc1ccc2c(c1)S(=O)(=O)N(C)c1ccccc1C2NCCCCCCc1nccs1. The molecule has 2 aromatic carbocycles. The molecule has 4 rings (SSSR count). The van der Waals surface area contributed by atoms with E-state index in [1.165, 1.54) is 15.7 Å². The van der Waals surface area contributed by atoms with E-state index in [9.17, 15) is 8.42 Å². The van der Waals surface area contributed by atoms with Crippen LogP contribution in [0.5, 0.6) is 0 Å². The van der Waals surface area contributed by atoms with Gasteiger partial charge in [-0.2, -0.15) is 0 Å². The monoisotopic (exact) mass is 455 g/mol. The van der Waals surface area contributed by atoms with Gasteiger partial charge in [0.25, 0.3) is 10.0 Å². The minimum Gasteiger partial charge on any atom is -0.306 e. The van der Waals surface area contributed by atoms with Gasteiger partial charge in [-0.15, -0.1) is 11.3 Å². The lowest BCUT2D eigenvalue weighted by molar-refractivity contribution is 0.545. The van der Waals surface area contributed by atoms with Gasteiger partial charge in [-0.25, -0.2) is 13.4 Å². The molecule has 0 aliphatic carbocycles. The van der Waals surface area contributed by atoms with E-state index in [1.54, 1.807) is 24.5 Å². The third kappa shape index (κ3) is 4.68. The number of rotatable bonds is 8. The third-order valence-electron chi connectivity index (χ3n) is 5.85. The number of hydrogen-bond acceptors (Lipinski definition) is 5. The molecule has 1 atom stereocenters. The second kappa shape index (κ2) is 9.51. The summed E-state index contributed by atoms with van der Waals surface area (Å²) in [5, 5.41) is 6.90. The lowest BCUT2D eigenvalue weighted by atomic mass is 9.96. The third-order valence-corrected chi connectivity index (χ3v) is 8.52. The molecular formula is C24H29N3O2S2. The van der Waals surface area contributed by atoms with Crippen molar-refractivity contribution < 1.29 is 8.42 Å². The zero-order valence-electron chi connectivity index (χ0n) is 18.0. The number of benzene rings is 2. The Morgan fingerprint density at radius 2 is 1.87 bits per heavy atom. The van der Waals surface area contributed by atoms with Gasteiger partial charge in [0, 0.05) is 18.6 Å². The molecule has 1 N–H and O–H groups in total. The molecule has 3 aromatic rings. The summed E-state index contributed by atoms with van der Waals surface area (Å²) >= 11 is 1.72. The Kier molecular flexibility index (Phi) is 6.74. The molecule has 1 aliphatic rings. The van der Waals surface area contributed by atoms with E-state index in [-0.39, 0.29) is 6.04 Å². The smallest absolute Gasteiger partial charge is 0.264 e. The van der Waals surface area contributed by atoms with Gasteiger partial charge in [0.05, 0.1) is 21.6 Å². The van der Waals surface area contributed by atoms with Gasteiger partial charge in [0.2, 0.25) is 0 Å². The zero-order chi connectivity index (χ0) is 21.8. The second-order valence-corrected chi connectivity index (χ2v) is 11.0. The Morgan fingerprint density at radius 3 is 2.68 bits per heavy atom. The maximum Gasteiger partial charge on any atom is 0.264 e. The van der Waals surface area contributed by atoms with Crippen LogP contribution in [-0.4, -0.2) is 27.0 Å². The summed E-state index contributed by atoms with van der Waals surface area (Å²) in [5.74, 6) is 0. The van der Waals surface area contributed by atoms with Gasteiger partial charge in [0.15, 0.2) is 0 Å². The fourth-order valence-corrected chi connectivity index (χ4v) is 6.37. The average Bonchev–Trinajstić information content (AvgIpc) is 3.27. The van der Waals surface area contributed by atoms with Crippen LogP contribution in [0.15, 0.2) is 58.9 Å². The van der Waals surface area contributed by atoms with Gasteiger partial charge in [-0.05, 0) is 61.6 Å². The van der Waals surface area contributed by atoms with Crippen LogP contribution in [0.2, 0.25) is 0 Å². The Bertz CT molecular complexity index is 1130. The van der Waals surface area contributed by atoms with Gasteiger partial charge in [-0.1, -0.05) is 43.2 Å². The largest absolute Gasteiger partial charge is 0.306 e. The van der Waals surface area contributed by atoms with Crippen LogP contribution < -0.4 is 9.62 Å². The highest BCUT2D eigenvalue weighted by atomic mass is 32.2. The first-order chi connectivity index (χ1) is 15.0. The molecule has 0 amide bonds. The number of nitrogens with zero attached hydrogens (tertiary/aromatic N) is 2. The van der Waals surface area contributed by atoms with Crippen molar-refractivity contribution in [2.75, 3.05) is 17.9 Å². The van der Waals surface area contributed by atoms with Crippen molar-refractivity contribution in [3.8, 4) is 0 Å². The van der Waals surface area contributed by atoms with Gasteiger partial charge < -0.3 is 5.32 Å². The fraction of sp³-hybridized carbons (Fsp3) is 0.375. The summed E-state index contributed by atoms with van der Waals surface area (Å²) in [4.78, 5) is 4.74. The summed E-state index contributed by atoms with van der Waals surface area (Å²) in [6.45, 7) is 2.77. The van der Waals surface area contributed by atoms with Crippen LogP contribution in [0.3, 0.4) is 0 Å². The molecule has 0 spiro atoms. The fourth-order valence-electron chi connectivity index (χ4n) is 4.16. The van der Waals surface area contributed by atoms with Crippen LogP contribution in [-0.2, 0) is 16.4 Å². The molecule has 1 aliphatic heterocycles. The number of unbranched alkanes of at least 4 members (excludes halogenated alkanes) is 3. The molecule has 0 fully saturated rings. The molecule has 164 valence electrons. The summed E-state index contributed by atoms with van der Waals surface area (Å²) in [7, 11) is -1.96. The topological polar surface area (TPSA) is 62.3 Å². The van der Waals surface area contributed by atoms with Crippen LogP contribution in [0, 0.1) is 6.92 Å². The number of nitrogens with one attached hydrogen (secondary N) is 1. The number of para-hydroxylation sites is 1. The van der Waals surface area contributed by atoms with E-state index in [0.29, 0.717) is 4.90 Å². The highest BCUT2D eigenvalue weighted by Crippen LogP contribution is 2.40. The van der Waals surface area contributed by atoms with Crippen molar-refractivity contribution >= 4 is 27.0 Å². The number of aromatic nitrogens is 1. The van der Waals surface area contributed by atoms with E-state index in [0.717, 1.165) is 54.6 Å². The Morgan fingerprint density at radius 1 is 1.06 bits per heavy atom. The van der Waals surface area contributed by atoms with Crippen LogP contribution in [0.4, 0.5) is 5.69 Å². The van der Waals surface area contributed by atoms with Gasteiger partial charge in [0.1, 0.15) is 0 Å². The van der Waals surface area contributed by atoms with Crippen molar-refractivity contribution in [2.24, 2.45) is 0 Å². The lowest BCUT2D eigenvalue weighted by Gasteiger charge is -2.22. The maximum atomic E-state index is 13.3. The predicted molar refractivity (Wildman–Crippen MR) is 127 cm³/mol. The van der Waals surface area contributed by atoms with Crippen molar-refractivity contribution in [2.45, 2.75) is 50.0 Å². The molecule has 1 aromatic heterocycles. The minimum atomic E-state index is -3.60. The molecule has 0 radical (unpaired) electrons. The molecule has 31 heavy (non-hydrogen) atoms. The normalized spacial score (nSPS) is 17.1. The Labute approximate surface area is 189 Å². The first-order valence-corrected chi connectivity index (χ1v) is 13.1. The van der Waals surface area contributed by atoms with Crippen LogP contribution in [0.1, 0.15) is 53.4 Å². The van der Waals surface area contributed by atoms with E-state index in [4.69, 9.17) is 0 Å². The van der Waals surface area contributed by atoms with Crippen molar-refractivity contribution in [3.63, 3.8) is 0 Å². The number of fused-ring (bicyclic) bond motifs is 2. The number of aryl methyl sites for hydroxylation is 2. The number of sulfonamides is 1. The van der Waals surface area contributed by atoms with E-state index in [2.05, 4.69) is 10.3 Å². The van der Waals surface area contributed by atoms with Crippen LogP contribution in [0.25, 0.3) is 0 Å². The van der Waals surface area contributed by atoms with E-state index in [1.807, 2.05) is 54.9 Å². The Balaban J connectivity index is 1.48. The number of thiazole rings is 1. The predicted octanol–water partition coefficient (Wildman–Crippen LogP) is 5.07. The van der Waals surface area contributed by atoms with Gasteiger partial charge in [-0.3, -0.25) is 4.31 Å². The molecule has 1 unspecified atom stereocenters. The van der Waals surface area contributed by atoms with Crippen LogP contribution >= 0.6 is 11.3 Å². The number of anilines is 1. The quantitative estimate of drug-likeness (QED) is 0.482. The molecular weight excluding hydrogens is 426 g/mol. The van der Waals surface area contributed by atoms with Crippen molar-refractivity contribution in [1.82, 2.24) is 10.3 Å². The molecule has 0 saturated carbocycles. The molecule has 0 saturated heterocycles. The van der Waals surface area contributed by atoms with Gasteiger partial charge >= 0.3 is 0 Å². The summed E-state index contributed by atoms with van der Waals surface area (Å²) < 4.78 is 28.1. The summed E-state index contributed by atoms with van der Waals surface area (Å²) in [6, 6.07) is 13.4. The van der Waals surface area contributed by atoms with Crippen molar-refractivity contribution in [3.05, 3.63) is 75.7 Å². The molecule has 5 nitrogen and oxygen atoms in total. The van der Waals surface area contributed by atoms with Crippen molar-refractivity contribution in [1.29, 1.82) is 0 Å². The van der Waals surface area contributed by atoms with E-state index < -0.39 is 10.0 Å². The highest BCUT2D eigenvalue weighted by Gasteiger charge is 2.34. The maximum absolute atomic E-state index is 13.3. The molecule has 0 bridgehead atoms. The summed E-state index contributed by atoms with van der Waals surface area (Å²) in [5.41, 5.74) is 3.50. The first kappa shape index (κ1) is 22.0. The number of hydrogen-bond donors (Lipinski definition) is 1. The first-order valence-electron chi connectivity index (χ1n) is 10.8. The standard InChI is InChI=1S/C24H29N3O2S2/c1-18-12-13-20-22(17-18)31(28,29)27(2)21-10-7-6-9-19(21)24(20)26-14-8-4-3-5-11-23-25-15-16-30-23/h6-7,9-10,12-13,15-17,24,26H,3-5,8,11,14H2,1-2H3. The average molecular weight is 456 g/mol. The Hall–Kier alpha value is -2.22. The highest BCUT2D eigenvalue weighted by molar-refractivity contribution is 7.92. The molecule has 2 heterocycles. The molecule has 7 heteroatoms. The second-order valence-electron chi connectivity index (χ2n) is 8.05. The minimum absolute atomic E-state index is 0.151. The summed E-state index contributed by atoms with van der Waals surface area (Å²) in [6.07, 6.45) is 7.45.